The third kappa shape index (κ3) is 1.55. The molecule has 0 N–H and O–H groups in total. The number of carbonyl (C=O) groups is 1. The lowest BCUT2D eigenvalue weighted by molar-refractivity contribution is -0.118. The van der Waals surface area contributed by atoms with E-state index in [1.165, 1.54) is 0 Å². The predicted octanol–water partition coefficient (Wildman–Crippen LogP) is 1.50. The number of hydrogen-bond acceptors (Lipinski definition) is 3. The van der Waals surface area contributed by atoms with Crippen molar-refractivity contribution in [2.75, 3.05) is 25.2 Å². The number of amides is 1. The second kappa shape index (κ2) is 3.49. The van der Waals surface area contributed by atoms with Crippen LogP contribution in [-0.4, -0.2) is 26.2 Å². The molecule has 2 heterocycles. The van der Waals surface area contributed by atoms with Gasteiger partial charge in [0, 0.05) is 7.05 Å². The molecule has 2 aliphatic heterocycles. The van der Waals surface area contributed by atoms with E-state index in [1.807, 2.05) is 18.2 Å². The molecular weight excluding hydrogens is 206 g/mol. The highest BCUT2D eigenvalue weighted by Gasteiger charge is 2.27. The van der Waals surface area contributed by atoms with Crippen molar-refractivity contribution in [1.29, 1.82) is 0 Å². The Kier molecular flexibility index (Phi) is 2.11. The lowest BCUT2D eigenvalue weighted by atomic mass is 10.1. The Morgan fingerprint density at radius 3 is 3.00 bits per heavy atom. The molecule has 1 fully saturated rings. The van der Waals surface area contributed by atoms with Crippen LogP contribution in [0, 0.1) is 0 Å². The third-order valence-electron chi connectivity index (χ3n) is 3.00. The zero-order valence-electron chi connectivity index (χ0n) is 9.10. The number of nitrogens with zero attached hydrogens (tertiary/aromatic N) is 1. The number of hydrogen-bond donors (Lipinski definition) is 0. The maximum atomic E-state index is 11.7. The SMILES string of the molecule is CN1C(=O)CCOc2ccc(C3CO3)cc21. The zero-order chi connectivity index (χ0) is 11.1. The first kappa shape index (κ1) is 9.66. The van der Waals surface area contributed by atoms with Crippen molar-refractivity contribution in [3.05, 3.63) is 23.8 Å². The fraction of sp³-hybridized carbons (Fsp3) is 0.417. The monoisotopic (exact) mass is 219 g/mol. The summed E-state index contributed by atoms with van der Waals surface area (Å²) in [6.07, 6.45) is 0.637. The van der Waals surface area contributed by atoms with Crippen molar-refractivity contribution >= 4 is 11.6 Å². The van der Waals surface area contributed by atoms with Gasteiger partial charge >= 0.3 is 0 Å². The van der Waals surface area contributed by atoms with E-state index in [1.54, 1.807) is 11.9 Å². The molecule has 1 amide bonds. The summed E-state index contributed by atoms with van der Waals surface area (Å²) in [5.74, 6) is 0.866. The number of anilines is 1. The van der Waals surface area contributed by atoms with Gasteiger partial charge in [-0.25, -0.2) is 0 Å². The van der Waals surface area contributed by atoms with Gasteiger partial charge in [-0.1, -0.05) is 6.07 Å². The highest BCUT2D eigenvalue weighted by atomic mass is 16.6. The van der Waals surface area contributed by atoms with Gasteiger partial charge < -0.3 is 14.4 Å². The Morgan fingerprint density at radius 1 is 1.44 bits per heavy atom. The molecule has 4 heteroatoms. The lowest BCUT2D eigenvalue weighted by Gasteiger charge is -2.16. The highest BCUT2D eigenvalue weighted by molar-refractivity contribution is 5.95. The van der Waals surface area contributed by atoms with Crippen molar-refractivity contribution in [2.45, 2.75) is 12.5 Å². The van der Waals surface area contributed by atoms with Crippen LogP contribution in [0.1, 0.15) is 18.1 Å². The molecule has 1 atom stereocenters. The minimum absolute atomic E-state index is 0.0904. The van der Waals surface area contributed by atoms with Crippen LogP contribution in [0.15, 0.2) is 18.2 Å². The summed E-state index contributed by atoms with van der Waals surface area (Å²) in [6.45, 7) is 1.23. The van der Waals surface area contributed by atoms with Crippen molar-refractivity contribution in [2.24, 2.45) is 0 Å². The number of ether oxygens (including phenoxy) is 2. The first-order valence-electron chi connectivity index (χ1n) is 5.40. The summed E-state index contributed by atoms with van der Waals surface area (Å²) in [4.78, 5) is 13.3. The van der Waals surface area contributed by atoms with E-state index in [0.29, 0.717) is 13.0 Å². The van der Waals surface area contributed by atoms with E-state index >= 15 is 0 Å². The average molecular weight is 219 g/mol. The fourth-order valence-corrected chi connectivity index (χ4v) is 1.91. The second-order valence-corrected chi connectivity index (χ2v) is 4.10. The summed E-state index contributed by atoms with van der Waals surface area (Å²) in [5.41, 5.74) is 1.96. The normalized spacial score (nSPS) is 23.4. The summed E-state index contributed by atoms with van der Waals surface area (Å²) >= 11 is 0. The van der Waals surface area contributed by atoms with E-state index in [9.17, 15) is 4.79 Å². The van der Waals surface area contributed by atoms with Gasteiger partial charge in [0.25, 0.3) is 0 Å². The van der Waals surface area contributed by atoms with Crippen molar-refractivity contribution in [1.82, 2.24) is 0 Å². The van der Waals surface area contributed by atoms with E-state index in [4.69, 9.17) is 9.47 Å². The van der Waals surface area contributed by atoms with Crippen molar-refractivity contribution in [3.63, 3.8) is 0 Å². The third-order valence-corrected chi connectivity index (χ3v) is 3.00. The van der Waals surface area contributed by atoms with Crippen LogP contribution in [0.25, 0.3) is 0 Å². The smallest absolute Gasteiger partial charge is 0.230 e. The van der Waals surface area contributed by atoms with Gasteiger partial charge in [-0.05, 0) is 17.7 Å². The molecule has 0 bridgehead atoms. The van der Waals surface area contributed by atoms with Gasteiger partial charge in [0.15, 0.2) is 0 Å². The molecular formula is C12H13NO3. The Bertz CT molecular complexity index is 440. The minimum Gasteiger partial charge on any atom is -0.491 e. The fourth-order valence-electron chi connectivity index (χ4n) is 1.91. The van der Waals surface area contributed by atoms with Crippen LogP contribution in [0.2, 0.25) is 0 Å². The minimum atomic E-state index is 0.0904. The lowest BCUT2D eigenvalue weighted by Crippen LogP contribution is -2.25. The quantitative estimate of drug-likeness (QED) is 0.672. The van der Waals surface area contributed by atoms with E-state index in [0.717, 1.165) is 23.6 Å². The molecule has 0 radical (unpaired) electrons. The number of carbonyl (C=O) groups excluding carboxylic acids is 1. The molecule has 16 heavy (non-hydrogen) atoms. The molecule has 1 saturated heterocycles. The molecule has 84 valence electrons. The van der Waals surface area contributed by atoms with Gasteiger partial charge in [-0.3, -0.25) is 4.79 Å². The molecule has 4 nitrogen and oxygen atoms in total. The molecule has 1 aromatic rings. The first-order valence-corrected chi connectivity index (χ1v) is 5.40. The van der Waals surface area contributed by atoms with Gasteiger partial charge in [0.05, 0.1) is 25.3 Å². The Labute approximate surface area is 93.8 Å². The molecule has 0 spiro atoms. The van der Waals surface area contributed by atoms with Gasteiger partial charge in [0.1, 0.15) is 11.9 Å². The van der Waals surface area contributed by atoms with Crippen LogP contribution in [0.4, 0.5) is 5.69 Å². The zero-order valence-corrected chi connectivity index (χ0v) is 9.10. The molecule has 2 aliphatic rings. The summed E-state index contributed by atoms with van der Waals surface area (Å²) in [7, 11) is 1.79. The van der Waals surface area contributed by atoms with Gasteiger partial charge in [-0.2, -0.15) is 0 Å². The van der Waals surface area contributed by atoms with Crippen molar-refractivity contribution in [3.8, 4) is 5.75 Å². The number of rotatable bonds is 1. The largest absolute Gasteiger partial charge is 0.491 e. The molecule has 0 aromatic heterocycles. The van der Waals surface area contributed by atoms with Crippen LogP contribution < -0.4 is 9.64 Å². The highest BCUT2D eigenvalue weighted by Crippen LogP contribution is 2.37. The second-order valence-electron chi connectivity index (χ2n) is 4.10. The van der Waals surface area contributed by atoms with Gasteiger partial charge in [0.2, 0.25) is 5.91 Å². The maximum absolute atomic E-state index is 11.7. The van der Waals surface area contributed by atoms with Crippen molar-refractivity contribution < 1.29 is 14.3 Å². The number of benzene rings is 1. The summed E-state index contributed by atoms with van der Waals surface area (Å²) in [5, 5.41) is 0. The summed E-state index contributed by atoms with van der Waals surface area (Å²) in [6, 6.07) is 5.90. The number of epoxide rings is 1. The first-order chi connectivity index (χ1) is 7.75. The maximum Gasteiger partial charge on any atom is 0.230 e. The van der Waals surface area contributed by atoms with E-state index < -0.39 is 0 Å². The molecule has 1 unspecified atom stereocenters. The standard InChI is InChI=1S/C12H13NO3/c1-13-9-6-8(11-7-16-11)2-3-10(9)15-5-4-12(13)14/h2-3,6,11H,4-5,7H2,1H3. The molecule has 0 aliphatic carbocycles. The van der Waals surface area contributed by atoms with E-state index in [-0.39, 0.29) is 12.0 Å². The van der Waals surface area contributed by atoms with Crippen LogP contribution in [0.3, 0.4) is 0 Å². The van der Waals surface area contributed by atoms with Crippen LogP contribution >= 0.6 is 0 Å². The predicted molar refractivity (Wildman–Crippen MR) is 58.7 cm³/mol. The molecule has 0 saturated carbocycles. The van der Waals surface area contributed by atoms with Gasteiger partial charge in [-0.15, -0.1) is 0 Å². The molecule has 1 aromatic carbocycles. The topological polar surface area (TPSA) is 42.1 Å². The Hall–Kier alpha value is -1.55. The average Bonchev–Trinajstić information content (AvgIpc) is 3.11. The van der Waals surface area contributed by atoms with E-state index in [2.05, 4.69) is 0 Å². The van der Waals surface area contributed by atoms with Crippen LogP contribution in [0.5, 0.6) is 5.75 Å². The Balaban J connectivity index is 2.03. The molecule has 3 rings (SSSR count). The summed E-state index contributed by atoms with van der Waals surface area (Å²) < 4.78 is 10.8. The van der Waals surface area contributed by atoms with Crippen LogP contribution in [-0.2, 0) is 9.53 Å². The Morgan fingerprint density at radius 2 is 2.25 bits per heavy atom. The number of fused-ring (bicyclic) bond motifs is 1.